The predicted molar refractivity (Wildman–Crippen MR) is 153 cm³/mol. The third kappa shape index (κ3) is 3.49. The van der Waals surface area contributed by atoms with Crippen LogP contribution in [0.2, 0.25) is 0 Å². The summed E-state index contributed by atoms with van der Waals surface area (Å²) < 4.78 is 6.44. The van der Waals surface area contributed by atoms with Crippen molar-refractivity contribution in [3.63, 3.8) is 0 Å². The Morgan fingerprint density at radius 2 is 1.58 bits per heavy atom. The van der Waals surface area contributed by atoms with Crippen LogP contribution in [0, 0.1) is 11.8 Å². The van der Waals surface area contributed by atoms with Crippen molar-refractivity contribution in [2.45, 2.75) is 42.9 Å². The predicted octanol–water partition coefficient (Wildman–Crippen LogP) is 6.52. The molecule has 178 valence electrons. The lowest BCUT2D eigenvalue weighted by atomic mass is 9.34. The van der Waals surface area contributed by atoms with Crippen LogP contribution in [0.5, 0.6) is 11.5 Å². The fraction of sp³-hybridized carbons (Fsp3) is 0.250. The molecule has 7 rings (SSSR count). The van der Waals surface area contributed by atoms with Gasteiger partial charge in [-0.3, -0.25) is 0 Å². The Kier molecular flexibility index (Phi) is 5.39. The van der Waals surface area contributed by atoms with Gasteiger partial charge in [0.25, 0.3) is 0 Å². The summed E-state index contributed by atoms with van der Waals surface area (Å²) in [5.74, 6) is 3.30. The molecule has 0 radical (unpaired) electrons. The van der Waals surface area contributed by atoms with Gasteiger partial charge in [0.1, 0.15) is 11.5 Å². The van der Waals surface area contributed by atoms with Crippen LogP contribution in [-0.4, -0.2) is 13.3 Å². The molecule has 0 aromatic heterocycles. The van der Waals surface area contributed by atoms with Gasteiger partial charge in [0.05, 0.1) is 4.90 Å². The van der Waals surface area contributed by atoms with Gasteiger partial charge in [-0.2, -0.15) is 0 Å². The molecule has 3 aliphatic heterocycles. The molecule has 4 aromatic carbocycles. The van der Waals surface area contributed by atoms with E-state index in [2.05, 4.69) is 73.3 Å². The molecule has 0 aliphatic carbocycles. The van der Waals surface area contributed by atoms with E-state index < -0.39 is 0 Å². The largest absolute Gasteiger partial charge is 0.456 e. The van der Waals surface area contributed by atoms with E-state index in [0.717, 1.165) is 36.3 Å². The highest BCUT2D eigenvalue weighted by Gasteiger charge is 2.42. The lowest BCUT2D eigenvalue weighted by molar-refractivity contribution is 0.351. The van der Waals surface area contributed by atoms with E-state index in [4.69, 9.17) is 4.74 Å². The maximum atomic E-state index is 6.44. The van der Waals surface area contributed by atoms with Crippen molar-refractivity contribution in [3.05, 3.63) is 90.5 Å². The van der Waals surface area contributed by atoms with Gasteiger partial charge < -0.3 is 9.64 Å². The van der Waals surface area contributed by atoms with Crippen molar-refractivity contribution in [1.82, 2.24) is 0 Å². The summed E-state index contributed by atoms with van der Waals surface area (Å²) in [5, 5.41) is 0. The van der Waals surface area contributed by atoms with Crippen LogP contribution in [0.25, 0.3) is 0 Å². The Balaban J connectivity index is 1.43. The SMILES string of the molecule is CC1CCc2cccc3c2N(CCC1C)c1cccc2c1B3c1cccc(Oc3ccccc3)c1S2. The van der Waals surface area contributed by atoms with Crippen molar-refractivity contribution in [1.29, 1.82) is 0 Å². The molecule has 0 bridgehead atoms. The Bertz CT molecular complexity index is 1450. The number of hydrogen-bond donors (Lipinski definition) is 0. The summed E-state index contributed by atoms with van der Waals surface area (Å²) in [5.41, 5.74) is 8.64. The van der Waals surface area contributed by atoms with Gasteiger partial charge in [-0.05, 0) is 77.9 Å². The van der Waals surface area contributed by atoms with Crippen LogP contribution in [0.4, 0.5) is 11.4 Å². The van der Waals surface area contributed by atoms with Gasteiger partial charge in [0.2, 0.25) is 6.71 Å². The van der Waals surface area contributed by atoms with Crippen molar-refractivity contribution >= 4 is 46.2 Å². The van der Waals surface area contributed by atoms with Crippen LogP contribution in [0.3, 0.4) is 0 Å². The first-order valence-electron chi connectivity index (χ1n) is 13.2. The number of anilines is 2. The summed E-state index contributed by atoms with van der Waals surface area (Å²) in [4.78, 5) is 5.25. The van der Waals surface area contributed by atoms with Crippen LogP contribution in [-0.2, 0) is 6.42 Å². The molecule has 2 nitrogen and oxygen atoms in total. The Hall–Kier alpha value is -3.11. The van der Waals surface area contributed by atoms with E-state index >= 15 is 0 Å². The van der Waals surface area contributed by atoms with Crippen molar-refractivity contribution in [3.8, 4) is 11.5 Å². The van der Waals surface area contributed by atoms with Crippen LogP contribution < -0.4 is 26.0 Å². The molecule has 0 N–H and O–H groups in total. The van der Waals surface area contributed by atoms with E-state index in [-0.39, 0.29) is 6.71 Å². The van der Waals surface area contributed by atoms with E-state index in [1.165, 1.54) is 56.0 Å². The Morgan fingerprint density at radius 1 is 0.806 bits per heavy atom. The molecular weight excluding hydrogens is 457 g/mol. The highest BCUT2D eigenvalue weighted by molar-refractivity contribution is 8.00. The van der Waals surface area contributed by atoms with Crippen LogP contribution in [0.15, 0.2) is 94.7 Å². The van der Waals surface area contributed by atoms with Crippen LogP contribution in [0.1, 0.15) is 32.3 Å². The van der Waals surface area contributed by atoms with Crippen molar-refractivity contribution in [2.24, 2.45) is 11.8 Å². The number of para-hydroxylation sites is 2. The third-order valence-electron chi connectivity index (χ3n) is 8.51. The molecule has 0 spiro atoms. The zero-order valence-electron chi connectivity index (χ0n) is 20.9. The maximum absolute atomic E-state index is 6.44. The summed E-state index contributed by atoms with van der Waals surface area (Å²) in [6.07, 6.45) is 3.62. The number of rotatable bonds is 2. The van der Waals surface area contributed by atoms with Crippen molar-refractivity contribution in [2.75, 3.05) is 11.4 Å². The first-order chi connectivity index (χ1) is 17.7. The Labute approximate surface area is 218 Å². The first-order valence-corrected chi connectivity index (χ1v) is 14.1. The quantitative estimate of drug-likeness (QED) is 0.263. The summed E-state index contributed by atoms with van der Waals surface area (Å²) in [6, 6.07) is 30.7. The van der Waals surface area contributed by atoms with Crippen LogP contribution >= 0.6 is 11.8 Å². The summed E-state index contributed by atoms with van der Waals surface area (Å²) >= 11 is 1.87. The zero-order chi connectivity index (χ0) is 24.2. The second-order valence-electron chi connectivity index (χ2n) is 10.6. The normalized spacial score (nSPS) is 19.8. The third-order valence-corrected chi connectivity index (χ3v) is 9.72. The lowest BCUT2D eigenvalue weighted by Gasteiger charge is -2.41. The standard InChI is InChI=1S/C32H30BNOS/c1-21-17-18-23-9-6-12-25-31(23)34(20-19-22(21)2)27-14-8-16-29-30(27)33(25)26-13-7-15-28(32(26)36-29)35-24-10-4-3-5-11-24/h3-16,21-22H,17-20H2,1-2H3. The molecule has 0 amide bonds. The van der Waals surface area contributed by atoms with E-state index in [1.54, 1.807) is 0 Å². The number of nitrogens with zero attached hydrogens (tertiary/aromatic N) is 1. The van der Waals surface area contributed by atoms with Gasteiger partial charge >= 0.3 is 0 Å². The maximum Gasteiger partial charge on any atom is 0.249 e. The van der Waals surface area contributed by atoms with Gasteiger partial charge in [0.15, 0.2) is 0 Å². The minimum absolute atomic E-state index is 0.230. The van der Waals surface area contributed by atoms with Gasteiger partial charge in [-0.1, -0.05) is 85.7 Å². The minimum Gasteiger partial charge on any atom is -0.456 e. The van der Waals surface area contributed by atoms with E-state index in [1.807, 2.05) is 42.1 Å². The lowest BCUT2D eigenvalue weighted by Crippen LogP contribution is -2.60. The molecule has 2 atom stereocenters. The van der Waals surface area contributed by atoms with Gasteiger partial charge in [-0.15, -0.1) is 0 Å². The summed E-state index contributed by atoms with van der Waals surface area (Å²) in [7, 11) is 0. The first kappa shape index (κ1) is 22.1. The van der Waals surface area contributed by atoms with E-state index in [0.29, 0.717) is 0 Å². The molecule has 4 heteroatoms. The topological polar surface area (TPSA) is 12.5 Å². The molecule has 0 fully saturated rings. The minimum atomic E-state index is 0.230. The van der Waals surface area contributed by atoms with Crippen molar-refractivity contribution < 1.29 is 4.74 Å². The molecule has 0 saturated heterocycles. The smallest absolute Gasteiger partial charge is 0.249 e. The zero-order valence-corrected chi connectivity index (χ0v) is 21.7. The molecule has 2 unspecified atom stereocenters. The molecule has 36 heavy (non-hydrogen) atoms. The number of hydrogen-bond acceptors (Lipinski definition) is 3. The number of aryl methyl sites for hydroxylation is 1. The number of benzene rings is 4. The Morgan fingerprint density at radius 3 is 2.47 bits per heavy atom. The molecule has 0 saturated carbocycles. The average Bonchev–Trinajstić information content (AvgIpc) is 2.97. The van der Waals surface area contributed by atoms with Gasteiger partial charge in [0, 0.05) is 22.8 Å². The highest BCUT2D eigenvalue weighted by atomic mass is 32.2. The molecular formula is C32H30BNOS. The average molecular weight is 487 g/mol. The molecule has 3 aliphatic rings. The second kappa shape index (κ2) is 8.78. The molecule has 3 heterocycles. The molecule has 4 aromatic rings. The number of fused-ring (bicyclic) bond motifs is 4. The summed E-state index contributed by atoms with van der Waals surface area (Å²) in [6.45, 7) is 6.18. The second-order valence-corrected chi connectivity index (χ2v) is 11.7. The van der Waals surface area contributed by atoms with Gasteiger partial charge in [-0.25, -0.2) is 0 Å². The number of ether oxygens (including phenoxy) is 1. The highest BCUT2D eigenvalue weighted by Crippen LogP contribution is 2.43. The van der Waals surface area contributed by atoms with E-state index in [9.17, 15) is 0 Å². The fourth-order valence-electron chi connectivity index (χ4n) is 6.31. The monoisotopic (exact) mass is 487 g/mol. The fourth-order valence-corrected chi connectivity index (χ4v) is 7.53.